The lowest BCUT2D eigenvalue weighted by molar-refractivity contribution is -0.138. The fourth-order valence-corrected chi connectivity index (χ4v) is 7.03. The van der Waals surface area contributed by atoms with Crippen LogP contribution in [0.5, 0.6) is 0 Å². The molecule has 2 aromatic carbocycles. The molecule has 9 heteroatoms. The van der Waals surface area contributed by atoms with Gasteiger partial charge in [-0.2, -0.15) is 0 Å². The number of likely N-dealkylation sites (tertiary alicyclic amines) is 3. The van der Waals surface area contributed by atoms with E-state index in [-0.39, 0.29) is 36.8 Å². The van der Waals surface area contributed by atoms with Crippen LogP contribution >= 0.6 is 48.0 Å². The van der Waals surface area contributed by atoms with Gasteiger partial charge < -0.3 is 9.80 Å². The first-order valence-electron chi connectivity index (χ1n) is 14.4. The van der Waals surface area contributed by atoms with Gasteiger partial charge in [-0.05, 0) is 92.8 Å². The summed E-state index contributed by atoms with van der Waals surface area (Å²) in [6, 6.07) is 14.2. The third kappa shape index (κ3) is 8.49. The van der Waals surface area contributed by atoms with Gasteiger partial charge in [0, 0.05) is 42.8 Å². The number of benzene rings is 2. The molecular formula is C31H42Cl4FN3O. The highest BCUT2D eigenvalue weighted by Gasteiger charge is 2.34. The molecule has 0 unspecified atom stereocenters. The maximum Gasteiger partial charge on any atom is 0.240 e. The normalized spacial score (nSPS) is 21.5. The maximum absolute atomic E-state index is 13.9. The van der Waals surface area contributed by atoms with Crippen LogP contribution in [0.1, 0.15) is 61.1 Å². The molecule has 3 saturated heterocycles. The van der Waals surface area contributed by atoms with Gasteiger partial charge in [0.2, 0.25) is 5.91 Å². The highest BCUT2D eigenvalue weighted by atomic mass is 35.5. The average Bonchev–Trinajstić information content (AvgIpc) is 3.37. The summed E-state index contributed by atoms with van der Waals surface area (Å²) in [5.74, 6) is 0.696. The van der Waals surface area contributed by atoms with Crippen LogP contribution in [0.3, 0.4) is 0 Å². The topological polar surface area (TPSA) is 26.8 Å². The summed E-state index contributed by atoms with van der Waals surface area (Å²) in [4.78, 5) is 20.7. The van der Waals surface area contributed by atoms with E-state index in [9.17, 15) is 9.18 Å². The summed E-state index contributed by atoms with van der Waals surface area (Å²) in [5.41, 5.74) is 3.78. The lowest BCUT2D eigenvalue weighted by Crippen LogP contribution is -2.53. The molecule has 3 fully saturated rings. The maximum atomic E-state index is 13.9. The number of alkyl halides is 1. The lowest BCUT2D eigenvalue weighted by Gasteiger charge is -2.39. The van der Waals surface area contributed by atoms with Gasteiger partial charge in [0.25, 0.3) is 0 Å². The van der Waals surface area contributed by atoms with E-state index in [1.54, 1.807) is 6.07 Å². The fraction of sp³-hybridized carbons (Fsp3) is 0.581. The van der Waals surface area contributed by atoms with Crippen LogP contribution < -0.4 is 0 Å². The minimum Gasteiger partial charge on any atom is -0.341 e. The van der Waals surface area contributed by atoms with Crippen LogP contribution in [0.2, 0.25) is 10.0 Å². The molecule has 1 amide bonds. The van der Waals surface area contributed by atoms with Crippen molar-refractivity contribution in [2.45, 2.75) is 69.5 Å². The molecule has 3 heterocycles. The number of halogens is 5. The first-order valence-corrected chi connectivity index (χ1v) is 15.1. The van der Waals surface area contributed by atoms with Crippen molar-refractivity contribution in [3.05, 3.63) is 69.2 Å². The van der Waals surface area contributed by atoms with Crippen LogP contribution in [0.4, 0.5) is 4.39 Å². The van der Waals surface area contributed by atoms with Gasteiger partial charge in [-0.3, -0.25) is 9.69 Å². The van der Waals surface area contributed by atoms with E-state index >= 15 is 0 Å². The number of carbonyl (C=O) groups excluding carboxylic acids is 1. The van der Waals surface area contributed by atoms with Crippen LogP contribution in [-0.4, -0.2) is 78.6 Å². The quantitative estimate of drug-likeness (QED) is 0.307. The van der Waals surface area contributed by atoms with E-state index in [1.165, 1.54) is 17.5 Å². The Hall–Kier alpha value is -1.08. The van der Waals surface area contributed by atoms with Gasteiger partial charge >= 0.3 is 0 Å². The summed E-state index contributed by atoms with van der Waals surface area (Å²) in [5, 5.41) is 1.26. The summed E-state index contributed by atoms with van der Waals surface area (Å²) in [6.07, 6.45) is 7.04. The van der Waals surface area contributed by atoms with Gasteiger partial charge in [0.15, 0.2) is 0 Å². The third-order valence-electron chi connectivity index (χ3n) is 8.76. The number of hydrogen-bond donors (Lipinski definition) is 0. The molecule has 0 N–H and O–H groups in total. The second kappa shape index (κ2) is 16.0. The molecule has 0 saturated carbocycles. The zero-order chi connectivity index (χ0) is 26.5. The number of piperidine rings is 2. The minimum absolute atomic E-state index is 0. The fourth-order valence-electron chi connectivity index (χ4n) is 6.55. The number of carbonyl (C=O) groups is 1. The van der Waals surface area contributed by atoms with E-state index in [0.29, 0.717) is 35.3 Å². The summed E-state index contributed by atoms with van der Waals surface area (Å²) in [6.45, 7) is 5.85. The van der Waals surface area contributed by atoms with Gasteiger partial charge in [0.05, 0.1) is 6.04 Å². The van der Waals surface area contributed by atoms with Gasteiger partial charge in [-0.1, -0.05) is 60.0 Å². The van der Waals surface area contributed by atoms with Crippen molar-refractivity contribution in [3.63, 3.8) is 0 Å². The molecule has 2 aromatic rings. The predicted molar refractivity (Wildman–Crippen MR) is 169 cm³/mol. The van der Waals surface area contributed by atoms with Crippen LogP contribution in [0, 0.1) is 0 Å². The monoisotopic (exact) mass is 631 g/mol. The molecule has 0 aliphatic carbocycles. The molecule has 0 bridgehead atoms. The van der Waals surface area contributed by atoms with E-state index < -0.39 is 6.17 Å². The Kier molecular flexibility index (Phi) is 13.3. The molecule has 2 atom stereocenters. The Bertz CT molecular complexity index is 1090. The third-order valence-corrected chi connectivity index (χ3v) is 9.35. The Morgan fingerprint density at radius 1 is 0.900 bits per heavy atom. The highest BCUT2D eigenvalue weighted by molar-refractivity contribution is 6.35. The average molecular weight is 634 g/mol. The molecule has 4 nitrogen and oxygen atoms in total. The standard InChI is InChI=1S/C31H40Cl2FN3O.2ClH/c32-26-9-8-25(29(33)21-26)20-30(36-14-4-1-5-15-36)31(38)37-18-11-24(12-19-37)28-7-3-2-6-23(28)10-16-35-17-13-27(34)22-35;;/h2-3,6-9,21,24,27,30H,1,4-5,10-20,22H2;2*1H/t27-,30+;;/m0../s1. The highest BCUT2D eigenvalue weighted by Crippen LogP contribution is 2.32. The van der Waals surface area contributed by atoms with E-state index in [4.69, 9.17) is 23.2 Å². The molecule has 0 radical (unpaired) electrons. The molecule has 0 aromatic heterocycles. The molecule has 222 valence electrons. The second-order valence-electron chi connectivity index (χ2n) is 11.3. The summed E-state index contributed by atoms with van der Waals surface area (Å²) >= 11 is 12.7. The van der Waals surface area contributed by atoms with Gasteiger partial charge in [0.1, 0.15) is 6.17 Å². The summed E-state index contributed by atoms with van der Waals surface area (Å²) < 4.78 is 13.6. The SMILES string of the molecule is Cl.Cl.O=C([C@@H](Cc1ccc(Cl)cc1Cl)N1CCCCC1)N1CCC(c2ccccc2CCN2CC[C@H](F)C2)CC1. The van der Waals surface area contributed by atoms with Crippen LogP contribution in [0.25, 0.3) is 0 Å². The van der Waals surface area contributed by atoms with Gasteiger partial charge in [-0.25, -0.2) is 4.39 Å². The number of rotatable bonds is 8. The van der Waals surface area contributed by atoms with Crippen molar-refractivity contribution < 1.29 is 9.18 Å². The Morgan fingerprint density at radius 2 is 1.62 bits per heavy atom. The lowest BCUT2D eigenvalue weighted by atomic mass is 9.85. The van der Waals surface area contributed by atoms with Crippen molar-refractivity contribution in [3.8, 4) is 0 Å². The Balaban J connectivity index is 0.00000220. The molecule has 0 spiro atoms. The van der Waals surface area contributed by atoms with Crippen molar-refractivity contribution in [1.29, 1.82) is 0 Å². The van der Waals surface area contributed by atoms with Crippen molar-refractivity contribution in [2.75, 3.05) is 45.8 Å². The number of nitrogens with zero attached hydrogens (tertiary/aromatic N) is 3. The zero-order valence-corrected chi connectivity index (χ0v) is 26.2. The Morgan fingerprint density at radius 3 is 2.30 bits per heavy atom. The van der Waals surface area contributed by atoms with Crippen LogP contribution in [0.15, 0.2) is 42.5 Å². The Labute approximate surface area is 261 Å². The zero-order valence-electron chi connectivity index (χ0n) is 23.1. The second-order valence-corrected chi connectivity index (χ2v) is 12.1. The number of amides is 1. The van der Waals surface area contributed by atoms with Crippen molar-refractivity contribution in [2.24, 2.45) is 0 Å². The first kappa shape index (κ1) is 33.4. The summed E-state index contributed by atoms with van der Waals surface area (Å²) in [7, 11) is 0. The molecular weight excluding hydrogens is 591 g/mol. The first-order chi connectivity index (χ1) is 18.5. The molecule has 3 aliphatic rings. The van der Waals surface area contributed by atoms with Crippen molar-refractivity contribution in [1.82, 2.24) is 14.7 Å². The van der Waals surface area contributed by atoms with E-state index in [1.807, 2.05) is 12.1 Å². The molecule has 5 rings (SSSR count). The number of hydrogen-bond acceptors (Lipinski definition) is 3. The molecule has 3 aliphatic heterocycles. The minimum atomic E-state index is -0.670. The smallest absolute Gasteiger partial charge is 0.240 e. The predicted octanol–water partition coefficient (Wildman–Crippen LogP) is 7.23. The van der Waals surface area contributed by atoms with E-state index in [0.717, 1.165) is 76.9 Å². The molecule has 40 heavy (non-hydrogen) atoms. The van der Waals surface area contributed by atoms with Crippen LogP contribution in [-0.2, 0) is 17.6 Å². The van der Waals surface area contributed by atoms with Crippen molar-refractivity contribution >= 4 is 53.9 Å². The van der Waals surface area contributed by atoms with E-state index in [2.05, 4.69) is 39.0 Å². The largest absolute Gasteiger partial charge is 0.341 e. The van der Waals surface area contributed by atoms with Gasteiger partial charge in [-0.15, -0.1) is 24.8 Å².